The van der Waals surface area contributed by atoms with Crippen molar-refractivity contribution in [2.75, 3.05) is 0 Å². The maximum atomic E-state index is 6.09. The monoisotopic (exact) mass is 200 g/mol. The third kappa shape index (κ3) is 1.29. The van der Waals surface area contributed by atoms with Crippen LogP contribution in [0.4, 0.5) is 0 Å². The lowest BCUT2D eigenvalue weighted by molar-refractivity contribution is 0.505. The molecule has 1 aliphatic carbocycles. The van der Waals surface area contributed by atoms with Gasteiger partial charge in [0, 0.05) is 4.88 Å². The summed E-state index contributed by atoms with van der Waals surface area (Å²) in [5.41, 5.74) is 2.88. The molecule has 1 aromatic heterocycles. The van der Waals surface area contributed by atoms with Crippen molar-refractivity contribution in [3.8, 4) is 0 Å². The van der Waals surface area contributed by atoms with Gasteiger partial charge < -0.3 is 0 Å². The molecular formula is C10H13ClS. The highest BCUT2D eigenvalue weighted by Gasteiger charge is 2.20. The topological polar surface area (TPSA) is 0 Å². The molecule has 0 saturated carbocycles. The minimum Gasteiger partial charge on any atom is -0.128 e. The van der Waals surface area contributed by atoms with E-state index in [1.54, 1.807) is 16.9 Å². The van der Waals surface area contributed by atoms with Crippen LogP contribution in [0.25, 0.3) is 0 Å². The predicted molar refractivity (Wildman–Crippen MR) is 55.3 cm³/mol. The molecule has 1 aliphatic rings. The number of aryl methyl sites for hydroxylation is 1. The molecule has 0 spiro atoms. The smallest absolute Gasteiger partial charge is 0.0963 e. The largest absolute Gasteiger partial charge is 0.128 e. The Morgan fingerprint density at radius 1 is 1.50 bits per heavy atom. The minimum atomic E-state index is 0.849. The van der Waals surface area contributed by atoms with Crippen LogP contribution in [0.1, 0.15) is 29.3 Å². The molecule has 0 amide bonds. The third-order valence-electron chi connectivity index (χ3n) is 2.71. The van der Waals surface area contributed by atoms with Gasteiger partial charge in [0.05, 0.1) is 4.34 Å². The summed E-state index contributed by atoms with van der Waals surface area (Å²) in [5, 5.41) is 0. The fourth-order valence-electron chi connectivity index (χ4n) is 1.87. The Labute approximate surface area is 82.6 Å². The van der Waals surface area contributed by atoms with Crippen LogP contribution in [0.2, 0.25) is 4.34 Å². The molecular weight excluding hydrogens is 188 g/mol. The molecule has 1 aromatic rings. The second-order valence-corrected chi connectivity index (χ2v) is 5.46. The molecule has 0 nitrogen and oxygen atoms in total. The molecule has 2 rings (SSSR count). The normalized spacial score (nSPS) is 22.4. The number of thiophene rings is 1. The quantitative estimate of drug-likeness (QED) is 0.597. The lowest BCUT2D eigenvalue weighted by atomic mass is 9.88. The van der Waals surface area contributed by atoms with Gasteiger partial charge in [-0.2, -0.15) is 0 Å². The van der Waals surface area contributed by atoms with E-state index in [2.05, 4.69) is 13.8 Å². The molecule has 1 unspecified atom stereocenters. The van der Waals surface area contributed by atoms with Gasteiger partial charge >= 0.3 is 0 Å². The van der Waals surface area contributed by atoms with Crippen LogP contribution in [0.15, 0.2) is 0 Å². The van der Waals surface area contributed by atoms with E-state index in [1.165, 1.54) is 29.7 Å². The molecule has 1 heterocycles. The second kappa shape index (κ2) is 3.04. The lowest BCUT2D eigenvalue weighted by Gasteiger charge is -2.18. The second-order valence-electron chi connectivity index (χ2n) is 3.75. The van der Waals surface area contributed by atoms with E-state index in [9.17, 15) is 0 Å². The molecule has 0 bridgehead atoms. The summed E-state index contributed by atoms with van der Waals surface area (Å²) >= 11 is 7.87. The molecule has 0 radical (unpaired) electrons. The first-order valence-electron chi connectivity index (χ1n) is 4.45. The Morgan fingerprint density at radius 3 is 3.00 bits per heavy atom. The van der Waals surface area contributed by atoms with E-state index in [1.807, 2.05) is 0 Å². The maximum Gasteiger partial charge on any atom is 0.0963 e. The van der Waals surface area contributed by atoms with Crippen LogP contribution >= 0.6 is 22.9 Å². The highest BCUT2D eigenvalue weighted by atomic mass is 35.5. The predicted octanol–water partition coefficient (Wildman–Crippen LogP) is 3.83. The zero-order valence-corrected chi connectivity index (χ0v) is 9.06. The van der Waals surface area contributed by atoms with Crippen molar-refractivity contribution in [3.63, 3.8) is 0 Å². The number of fused-ring (bicyclic) bond motifs is 1. The SMILES string of the molecule is Cc1c(Cl)sc2c1CC(C)CC2. The molecule has 0 N–H and O–H groups in total. The van der Waals surface area contributed by atoms with Gasteiger partial charge in [0.2, 0.25) is 0 Å². The molecule has 66 valence electrons. The van der Waals surface area contributed by atoms with Gasteiger partial charge in [-0.05, 0) is 43.2 Å². The van der Waals surface area contributed by atoms with Gasteiger partial charge in [-0.15, -0.1) is 11.3 Å². The van der Waals surface area contributed by atoms with Crippen molar-refractivity contribution in [1.82, 2.24) is 0 Å². The Kier molecular flexibility index (Phi) is 2.18. The number of rotatable bonds is 0. The number of hydrogen-bond acceptors (Lipinski definition) is 1. The summed E-state index contributed by atoms with van der Waals surface area (Å²) in [4.78, 5) is 1.54. The van der Waals surface area contributed by atoms with Crippen molar-refractivity contribution >= 4 is 22.9 Å². The van der Waals surface area contributed by atoms with Gasteiger partial charge in [-0.1, -0.05) is 18.5 Å². The molecule has 0 saturated heterocycles. The summed E-state index contributed by atoms with van der Waals surface area (Å²) < 4.78 is 1.01. The van der Waals surface area contributed by atoms with Crippen LogP contribution < -0.4 is 0 Å². The highest BCUT2D eigenvalue weighted by Crippen LogP contribution is 2.38. The molecule has 1 atom stereocenters. The summed E-state index contributed by atoms with van der Waals surface area (Å²) in [7, 11) is 0. The van der Waals surface area contributed by atoms with Crippen molar-refractivity contribution in [2.24, 2.45) is 5.92 Å². The zero-order valence-electron chi connectivity index (χ0n) is 7.48. The number of halogens is 1. The zero-order chi connectivity index (χ0) is 8.72. The van der Waals surface area contributed by atoms with Crippen LogP contribution in [-0.4, -0.2) is 0 Å². The maximum absolute atomic E-state index is 6.09. The van der Waals surface area contributed by atoms with Gasteiger partial charge in [-0.3, -0.25) is 0 Å². The Bertz CT molecular complexity index is 301. The standard InChI is InChI=1S/C10H13ClS/c1-6-3-4-9-8(5-6)7(2)10(11)12-9/h6H,3-5H2,1-2H3. The van der Waals surface area contributed by atoms with E-state index in [-0.39, 0.29) is 0 Å². The summed E-state index contributed by atoms with van der Waals surface area (Å²) in [6.45, 7) is 4.48. The molecule has 0 aliphatic heterocycles. The van der Waals surface area contributed by atoms with Crippen LogP contribution in [-0.2, 0) is 12.8 Å². The van der Waals surface area contributed by atoms with E-state index in [0.717, 1.165) is 10.3 Å². The van der Waals surface area contributed by atoms with Crippen LogP contribution in [0.5, 0.6) is 0 Å². The summed E-state index contributed by atoms with van der Waals surface area (Å²) in [5.74, 6) is 0.849. The molecule has 0 aromatic carbocycles. The van der Waals surface area contributed by atoms with Crippen molar-refractivity contribution in [3.05, 3.63) is 20.3 Å². The van der Waals surface area contributed by atoms with Crippen molar-refractivity contribution < 1.29 is 0 Å². The first-order chi connectivity index (χ1) is 5.68. The van der Waals surface area contributed by atoms with Crippen LogP contribution in [0, 0.1) is 12.8 Å². The van der Waals surface area contributed by atoms with Gasteiger partial charge in [0.1, 0.15) is 0 Å². The van der Waals surface area contributed by atoms with Crippen molar-refractivity contribution in [1.29, 1.82) is 0 Å². The summed E-state index contributed by atoms with van der Waals surface area (Å²) in [6.07, 6.45) is 3.82. The van der Waals surface area contributed by atoms with E-state index in [4.69, 9.17) is 11.6 Å². The van der Waals surface area contributed by atoms with E-state index >= 15 is 0 Å². The van der Waals surface area contributed by atoms with E-state index < -0.39 is 0 Å². The van der Waals surface area contributed by atoms with Crippen LogP contribution in [0.3, 0.4) is 0 Å². The highest BCUT2D eigenvalue weighted by molar-refractivity contribution is 7.16. The minimum absolute atomic E-state index is 0.849. The summed E-state index contributed by atoms with van der Waals surface area (Å²) in [6, 6.07) is 0. The first kappa shape index (κ1) is 8.58. The van der Waals surface area contributed by atoms with Gasteiger partial charge in [0.25, 0.3) is 0 Å². The lowest BCUT2D eigenvalue weighted by Crippen LogP contribution is -2.09. The third-order valence-corrected chi connectivity index (χ3v) is 4.41. The average molecular weight is 201 g/mol. The molecule has 2 heteroatoms. The Balaban J connectivity index is 2.44. The van der Waals surface area contributed by atoms with E-state index in [0.29, 0.717) is 0 Å². The molecule has 0 fully saturated rings. The van der Waals surface area contributed by atoms with Gasteiger partial charge in [0.15, 0.2) is 0 Å². The molecule has 12 heavy (non-hydrogen) atoms. The Morgan fingerprint density at radius 2 is 2.25 bits per heavy atom. The average Bonchev–Trinajstić information content (AvgIpc) is 2.31. The fraction of sp³-hybridized carbons (Fsp3) is 0.600. The van der Waals surface area contributed by atoms with Crippen molar-refractivity contribution in [2.45, 2.75) is 33.1 Å². The first-order valence-corrected chi connectivity index (χ1v) is 5.64. The van der Waals surface area contributed by atoms with Gasteiger partial charge in [-0.25, -0.2) is 0 Å². The Hall–Kier alpha value is -0.0100. The fourth-order valence-corrected chi connectivity index (χ4v) is 3.34. The number of hydrogen-bond donors (Lipinski definition) is 0.